The molecule has 0 fully saturated rings. The Labute approximate surface area is 151 Å². The Bertz CT molecular complexity index is 1010. The first-order valence-electron chi connectivity index (χ1n) is 7.83. The average Bonchev–Trinajstić information content (AvgIpc) is 2.67. The third-order valence-corrected chi connectivity index (χ3v) is 5.58. The molecular weight excluding hydrogens is 352 g/mol. The van der Waals surface area contributed by atoms with Crippen LogP contribution >= 0.6 is 0 Å². The highest BCUT2D eigenvalue weighted by atomic mass is 32.2. The van der Waals surface area contributed by atoms with Gasteiger partial charge in [-0.3, -0.25) is 0 Å². The molecule has 0 radical (unpaired) electrons. The Morgan fingerprint density at radius 2 is 1.50 bits per heavy atom. The summed E-state index contributed by atoms with van der Waals surface area (Å²) in [5.74, 6) is -1.03. The molecule has 0 aromatic heterocycles. The van der Waals surface area contributed by atoms with Gasteiger partial charge in [0, 0.05) is 6.07 Å². The minimum absolute atomic E-state index is 0.0303. The molecule has 1 N–H and O–H groups in total. The van der Waals surface area contributed by atoms with Crippen LogP contribution < -0.4 is 4.74 Å². The maximum Gasteiger partial charge on any atom is 0.337 e. The van der Waals surface area contributed by atoms with Gasteiger partial charge in [-0.15, -0.1) is 0 Å². The summed E-state index contributed by atoms with van der Waals surface area (Å²) in [5, 5.41) is 9.37. The molecule has 0 spiro atoms. The van der Waals surface area contributed by atoms with Crippen LogP contribution in [-0.4, -0.2) is 19.5 Å². The van der Waals surface area contributed by atoms with Gasteiger partial charge in [0.05, 0.1) is 15.4 Å². The highest BCUT2D eigenvalue weighted by Gasteiger charge is 2.25. The van der Waals surface area contributed by atoms with E-state index in [-0.39, 0.29) is 27.7 Å². The maximum absolute atomic E-state index is 12.9. The molecule has 0 heterocycles. The van der Waals surface area contributed by atoms with Crippen LogP contribution in [0.2, 0.25) is 0 Å². The number of carbonyl (C=O) groups is 1. The Kier molecular flexibility index (Phi) is 5.04. The van der Waals surface area contributed by atoms with Gasteiger partial charge in [0.15, 0.2) is 0 Å². The van der Waals surface area contributed by atoms with Crippen LogP contribution in [0, 0.1) is 0 Å². The third-order valence-electron chi connectivity index (χ3n) is 3.77. The van der Waals surface area contributed by atoms with Gasteiger partial charge >= 0.3 is 5.97 Å². The molecule has 0 unspecified atom stereocenters. The number of ether oxygens (including phenoxy) is 1. The zero-order valence-corrected chi connectivity index (χ0v) is 14.5. The Morgan fingerprint density at radius 1 is 0.885 bits per heavy atom. The van der Waals surface area contributed by atoms with Gasteiger partial charge in [0.25, 0.3) is 0 Å². The lowest BCUT2D eigenvalue weighted by molar-refractivity contribution is 0.0692. The number of hydrogen-bond donors (Lipinski definition) is 1. The van der Waals surface area contributed by atoms with Gasteiger partial charge in [-0.2, -0.15) is 0 Å². The number of hydrogen-bond acceptors (Lipinski definition) is 4. The van der Waals surface area contributed by atoms with E-state index in [1.54, 1.807) is 18.2 Å². The maximum atomic E-state index is 12.9. The number of benzene rings is 3. The molecule has 5 nitrogen and oxygen atoms in total. The van der Waals surface area contributed by atoms with Crippen LogP contribution in [-0.2, 0) is 16.4 Å². The molecule has 3 rings (SSSR count). The largest absolute Gasteiger partial charge is 0.489 e. The molecule has 6 heteroatoms. The zero-order chi connectivity index (χ0) is 18.6. The van der Waals surface area contributed by atoms with E-state index in [4.69, 9.17) is 4.74 Å². The van der Waals surface area contributed by atoms with Crippen molar-refractivity contribution in [3.05, 3.63) is 90.0 Å². The summed E-state index contributed by atoms with van der Waals surface area (Å²) in [7, 11) is -3.98. The van der Waals surface area contributed by atoms with Crippen LogP contribution in [0.4, 0.5) is 0 Å². The van der Waals surface area contributed by atoms with Crippen molar-refractivity contribution in [1.82, 2.24) is 0 Å². The van der Waals surface area contributed by atoms with Gasteiger partial charge in [-0.05, 0) is 29.8 Å². The van der Waals surface area contributed by atoms with Crippen molar-refractivity contribution in [2.24, 2.45) is 0 Å². The molecule has 0 aliphatic heterocycles. The number of aromatic carboxylic acids is 1. The van der Waals surface area contributed by atoms with E-state index < -0.39 is 15.8 Å². The van der Waals surface area contributed by atoms with Crippen LogP contribution in [0.1, 0.15) is 15.9 Å². The van der Waals surface area contributed by atoms with Gasteiger partial charge in [0.1, 0.15) is 12.4 Å². The number of carboxylic acid groups (broad SMARTS) is 1. The lowest BCUT2D eigenvalue weighted by Gasteiger charge is -2.12. The molecule has 132 valence electrons. The van der Waals surface area contributed by atoms with E-state index >= 15 is 0 Å². The third kappa shape index (κ3) is 3.75. The summed E-state index contributed by atoms with van der Waals surface area (Å²) in [6, 6.07) is 21.1. The second-order valence-electron chi connectivity index (χ2n) is 5.55. The summed E-state index contributed by atoms with van der Waals surface area (Å²) in [4.78, 5) is 11.2. The molecule has 0 atom stereocenters. The lowest BCUT2D eigenvalue weighted by atomic mass is 10.2. The molecule has 0 aliphatic carbocycles. The standard InChI is InChI=1S/C20H16O5S/c21-20(22)18-12-11-16(25-14-15-7-3-1-4-8-15)13-19(18)26(23,24)17-9-5-2-6-10-17/h1-13H,14H2,(H,21,22). The minimum atomic E-state index is -3.98. The quantitative estimate of drug-likeness (QED) is 0.716. The fraction of sp³-hybridized carbons (Fsp3) is 0.0500. The Hall–Kier alpha value is -3.12. The predicted molar refractivity (Wildman–Crippen MR) is 96.1 cm³/mol. The van der Waals surface area contributed by atoms with E-state index in [1.807, 2.05) is 30.3 Å². The van der Waals surface area contributed by atoms with E-state index in [1.165, 1.54) is 30.3 Å². The smallest absolute Gasteiger partial charge is 0.337 e. The molecule has 0 saturated heterocycles. The molecule has 0 bridgehead atoms. The highest BCUT2D eigenvalue weighted by molar-refractivity contribution is 7.91. The van der Waals surface area contributed by atoms with Crippen molar-refractivity contribution >= 4 is 15.8 Å². The second-order valence-corrected chi connectivity index (χ2v) is 7.47. The van der Waals surface area contributed by atoms with Crippen molar-refractivity contribution in [2.75, 3.05) is 0 Å². The summed E-state index contributed by atoms with van der Waals surface area (Å²) in [6.45, 7) is 0.248. The van der Waals surface area contributed by atoms with Crippen molar-refractivity contribution < 1.29 is 23.1 Å². The second kappa shape index (κ2) is 7.41. The van der Waals surface area contributed by atoms with Gasteiger partial charge in [0.2, 0.25) is 9.84 Å². The van der Waals surface area contributed by atoms with Gasteiger partial charge < -0.3 is 9.84 Å². The summed E-state index contributed by atoms with van der Waals surface area (Å²) in [6.07, 6.45) is 0. The van der Waals surface area contributed by atoms with Crippen LogP contribution in [0.5, 0.6) is 5.75 Å². The molecule has 3 aromatic rings. The SMILES string of the molecule is O=C(O)c1ccc(OCc2ccccc2)cc1S(=O)(=O)c1ccccc1. The fourth-order valence-corrected chi connectivity index (χ4v) is 3.94. The van der Waals surface area contributed by atoms with E-state index in [2.05, 4.69) is 0 Å². The van der Waals surface area contributed by atoms with Crippen molar-refractivity contribution in [3.63, 3.8) is 0 Å². The number of rotatable bonds is 6. The summed E-state index contributed by atoms with van der Waals surface area (Å²) >= 11 is 0. The van der Waals surface area contributed by atoms with Crippen molar-refractivity contribution in [3.8, 4) is 5.75 Å². The fourth-order valence-electron chi connectivity index (χ4n) is 2.46. The molecule has 3 aromatic carbocycles. The minimum Gasteiger partial charge on any atom is -0.489 e. The van der Waals surface area contributed by atoms with Gasteiger partial charge in [-0.25, -0.2) is 13.2 Å². The monoisotopic (exact) mass is 368 g/mol. The Morgan fingerprint density at radius 3 is 2.12 bits per heavy atom. The topological polar surface area (TPSA) is 80.7 Å². The highest BCUT2D eigenvalue weighted by Crippen LogP contribution is 2.28. The molecule has 0 amide bonds. The van der Waals surface area contributed by atoms with E-state index in [0.29, 0.717) is 0 Å². The average molecular weight is 368 g/mol. The van der Waals surface area contributed by atoms with Gasteiger partial charge in [-0.1, -0.05) is 48.5 Å². The van der Waals surface area contributed by atoms with E-state index in [9.17, 15) is 18.3 Å². The van der Waals surface area contributed by atoms with Crippen LogP contribution in [0.3, 0.4) is 0 Å². The zero-order valence-electron chi connectivity index (χ0n) is 13.7. The first-order valence-corrected chi connectivity index (χ1v) is 9.31. The van der Waals surface area contributed by atoms with Crippen LogP contribution in [0.15, 0.2) is 88.7 Å². The van der Waals surface area contributed by atoms with Crippen molar-refractivity contribution in [2.45, 2.75) is 16.4 Å². The number of sulfone groups is 1. The molecule has 26 heavy (non-hydrogen) atoms. The molecule has 0 aliphatic rings. The van der Waals surface area contributed by atoms with E-state index in [0.717, 1.165) is 5.56 Å². The Balaban J connectivity index is 1.98. The number of carboxylic acids is 1. The van der Waals surface area contributed by atoms with Crippen LogP contribution in [0.25, 0.3) is 0 Å². The first-order chi connectivity index (χ1) is 12.5. The summed E-state index contributed by atoms with van der Waals surface area (Å²) < 4.78 is 31.4. The normalized spacial score (nSPS) is 11.1. The summed E-state index contributed by atoms with van der Waals surface area (Å²) in [5.41, 5.74) is 0.628. The predicted octanol–water partition coefficient (Wildman–Crippen LogP) is 3.80. The lowest BCUT2D eigenvalue weighted by Crippen LogP contribution is -2.10. The van der Waals surface area contributed by atoms with Crippen molar-refractivity contribution in [1.29, 1.82) is 0 Å². The molecular formula is C20H16O5S. The molecule has 0 saturated carbocycles. The first kappa shape index (κ1) is 17.7.